The quantitative estimate of drug-likeness (QED) is 0.394. The third-order valence-electron chi connectivity index (χ3n) is 5.64. The third-order valence-corrected chi connectivity index (χ3v) is 5.64. The minimum atomic E-state index is -0.690. The fourth-order valence-corrected chi connectivity index (χ4v) is 3.87. The molecule has 186 valence electrons. The van der Waals surface area contributed by atoms with E-state index >= 15 is 0 Å². The molecule has 35 heavy (non-hydrogen) atoms. The second kappa shape index (κ2) is 12.0. The average Bonchev–Trinajstić information content (AvgIpc) is 2.86. The van der Waals surface area contributed by atoms with Crippen LogP contribution in [-0.2, 0) is 14.3 Å². The summed E-state index contributed by atoms with van der Waals surface area (Å²) in [5, 5.41) is 5.75. The van der Waals surface area contributed by atoms with Crippen molar-refractivity contribution in [3.63, 3.8) is 0 Å². The lowest BCUT2D eigenvalue weighted by atomic mass is 9.94. The fraction of sp³-hybridized carbons (Fsp3) is 0.346. The van der Waals surface area contributed by atoms with E-state index in [4.69, 9.17) is 14.2 Å². The summed E-state index contributed by atoms with van der Waals surface area (Å²) in [7, 11) is 3.04. The Morgan fingerprint density at radius 3 is 2.43 bits per heavy atom. The topological polar surface area (TPSA) is 106 Å². The first-order chi connectivity index (χ1) is 16.9. The number of carbonyl (C=O) groups is 3. The monoisotopic (exact) mass is 481 g/mol. The van der Waals surface area contributed by atoms with Crippen LogP contribution in [0.5, 0.6) is 5.75 Å². The van der Waals surface area contributed by atoms with Gasteiger partial charge in [-0.3, -0.25) is 9.69 Å². The van der Waals surface area contributed by atoms with Crippen LogP contribution < -0.4 is 15.4 Å². The molecule has 0 aliphatic carbocycles. The average molecular weight is 482 g/mol. The molecule has 1 aliphatic heterocycles. The minimum Gasteiger partial charge on any atom is -0.496 e. The largest absolute Gasteiger partial charge is 0.496 e. The molecule has 2 aromatic rings. The molecular formula is C26H31N3O6. The van der Waals surface area contributed by atoms with Gasteiger partial charge in [0.25, 0.3) is 5.91 Å². The van der Waals surface area contributed by atoms with Gasteiger partial charge in [-0.2, -0.15) is 0 Å². The van der Waals surface area contributed by atoms with E-state index in [-0.39, 0.29) is 25.2 Å². The van der Waals surface area contributed by atoms with Gasteiger partial charge >= 0.3 is 12.0 Å². The van der Waals surface area contributed by atoms with E-state index in [2.05, 4.69) is 10.6 Å². The van der Waals surface area contributed by atoms with E-state index in [1.54, 1.807) is 60.4 Å². The highest BCUT2D eigenvalue weighted by Gasteiger charge is 2.36. The zero-order chi connectivity index (χ0) is 25.4. The number of urea groups is 1. The Balaban J connectivity index is 1.85. The molecule has 1 heterocycles. The van der Waals surface area contributed by atoms with Crippen LogP contribution in [0.25, 0.3) is 0 Å². The van der Waals surface area contributed by atoms with Gasteiger partial charge in [0.15, 0.2) is 0 Å². The number of benzene rings is 2. The fourth-order valence-electron chi connectivity index (χ4n) is 3.87. The van der Waals surface area contributed by atoms with Gasteiger partial charge in [0, 0.05) is 25.0 Å². The Hall–Kier alpha value is -3.85. The van der Waals surface area contributed by atoms with E-state index in [1.165, 1.54) is 14.2 Å². The Kier molecular flexibility index (Phi) is 8.86. The Morgan fingerprint density at radius 2 is 1.77 bits per heavy atom. The number of ether oxygens (including phenoxy) is 3. The summed E-state index contributed by atoms with van der Waals surface area (Å²) < 4.78 is 15.6. The number of anilines is 1. The van der Waals surface area contributed by atoms with Crippen molar-refractivity contribution in [2.75, 3.05) is 39.3 Å². The second-order valence-electron chi connectivity index (χ2n) is 7.94. The normalized spacial score (nSPS) is 15.5. The number of para-hydroxylation sites is 1. The number of nitrogens with one attached hydrogen (secondary N) is 2. The second-order valence-corrected chi connectivity index (χ2v) is 7.94. The lowest BCUT2D eigenvalue weighted by molar-refractivity contribution is -0.140. The number of nitrogens with zero attached hydrogens (tertiary/aromatic N) is 1. The number of hydrogen-bond acceptors (Lipinski definition) is 6. The molecule has 0 saturated heterocycles. The number of hydrogen-bond donors (Lipinski definition) is 2. The van der Waals surface area contributed by atoms with Crippen LogP contribution in [0, 0.1) is 0 Å². The molecule has 0 aromatic heterocycles. The molecule has 3 amide bonds. The molecule has 1 atom stereocenters. The first kappa shape index (κ1) is 25.8. The molecule has 9 nitrogen and oxygen atoms in total. The molecule has 0 saturated carbocycles. The van der Waals surface area contributed by atoms with Crippen molar-refractivity contribution in [2.45, 2.75) is 26.3 Å². The molecular weight excluding hydrogens is 450 g/mol. The number of rotatable bonds is 10. The van der Waals surface area contributed by atoms with Crippen molar-refractivity contribution in [1.82, 2.24) is 10.2 Å². The van der Waals surface area contributed by atoms with E-state index in [0.29, 0.717) is 40.4 Å². The molecule has 9 heteroatoms. The zero-order valence-electron chi connectivity index (χ0n) is 20.4. The van der Waals surface area contributed by atoms with Crippen LogP contribution in [0.4, 0.5) is 10.5 Å². The van der Waals surface area contributed by atoms with E-state index in [1.807, 2.05) is 6.92 Å². The van der Waals surface area contributed by atoms with Gasteiger partial charge < -0.3 is 24.8 Å². The smallest absolute Gasteiger partial charge is 0.338 e. The minimum absolute atomic E-state index is 0.106. The number of methoxy groups -OCH3 is 2. The molecule has 1 aliphatic rings. The Bertz CT molecular complexity index is 1100. The van der Waals surface area contributed by atoms with Crippen molar-refractivity contribution in [3.8, 4) is 5.75 Å². The van der Waals surface area contributed by atoms with Crippen LogP contribution >= 0.6 is 0 Å². The van der Waals surface area contributed by atoms with Crippen LogP contribution in [-0.4, -0.2) is 56.8 Å². The van der Waals surface area contributed by atoms with Crippen molar-refractivity contribution < 1.29 is 28.6 Å². The maximum Gasteiger partial charge on any atom is 0.338 e. The van der Waals surface area contributed by atoms with Crippen molar-refractivity contribution >= 4 is 23.6 Å². The summed E-state index contributed by atoms with van der Waals surface area (Å²) in [6.45, 7) is 4.56. The number of allylic oxidation sites excluding steroid dienone is 1. The van der Waals surface area contributed by atoms with Gasteiger partial charge in [0.1, 0.15) is 12.4 Å². The summed E-state index contributed by atoms with van der Waals surface area (Å²) >= 11 is 0. The predicted octanol–water partition coefficient (Wildman–Crippen LogP) is 3.89. The van der Waals surface area contributed by atoms with E-state index in [9.17, 15) is 14.4 Å². The standard InChI is InChI=1S/C26H31N3O6/c1-5-14-29-17(2)22(25(31)35-16-15-33-3)23(28-26(29)32)18-10-12-19(13-11-18)27-24(30)20-8-6-7-9-21(20)34-4/h6-13,23H,5,14-16H2,1-4H3,(H,27,30)(H,28,32). The predicted molar refractivity (Wildman–Crippen MR) is 131 cm³/mol. The molecule has 0 fully saturated rings. The Morgan fingerprint density at radius 1 is 1.06 bits per heavy atom. The summed E-state index contributed by atoms with van der Waals surface area (Å²) in [6.07, 6.45) is 0.738. The maximum atomic E-state index is 13.0. The molecule has 0 bridgehead atoms. The maximum absolute atomic E-state index is 13.0. The zero-order valence-corrected chi connectivity index (χ0v) is 20.4. The first-order valence-electron chi connectivity index (χ1n) is 11.4. The van der Waals surface area contributed by atoms with Crippen LogP contribution in [0.3, 0.4) is 0 Å². The van der Waals surface area contributed by atoms with Gasteiger partial charge in [-0.25, -0.2) is 9.59 Å². The molecule has 2 N–H and O–H groups in total. The molecule has 0 spiro atoms. The number of esters is 1. The van der Waals surface area contributed by atoms with E-state index < -0.39 is 12.0 Å². The first-order valence-corrected chi connectivity index (χ1v) is 11.4. The van der Waals surface area contributed by atoms with Crippen molar-refractivity contribution in [2.24, 2.45) is 0 Å². The number of carbonyl (C=O) groups excluding carboxylic acids is 3. The Labute approximate surface area is 205 Å². The van der Waals surface area contributed by atoms with Crippen LogP contribution in [0.2, 0.25) is 0 Å². The molecule has 0 radical (unpaired) electrons. The van der Waals surface area contributed by atoms with Crippen molar-refractivity contribution in [3.05, 3.63) is 70.9 Å². The molecule has 2 aromatic carbocycles. The van der Waals surface area contributed by atoms with Gasteiger partial charge in [-0.05, 0) is 43.2 Å². The van der Waals surface area contributed by atoms with Crippen molar-refractivity contribution in [1.29, 1.82) is 0 Å². The summed E-state index contributed by atoms with van der Waals surface area (Å²) in [5.41, 5.74) is 2.57. The van der Waals surface area contributed by atoms with Gasteiger partial charge in [0.2, 0.25) is 0 Å². The highest BCUT2D eigenvalue weighted by atomic mass is 16.6. The lowest BCUT2D eigenvalue weighted by Gasteiger charge is -2.35. The van der Waals surface area contributed by atoms with Crippen LogP contribution in [0.1, 0.15) is 42.2 Å². The van der Waals surface area contributed by atoms with Crippen LogP contribution in [0.15, 0.2) is 59.8 Å². The van der Waals surface area contributed by atoms with E-state index in [0.717, 1.165) is 6.42 Å². The SMILES string of the molecule is CCCN1C(=O)NC(c2ccc(NC(=O)c3ccccc3OC)cc2)C(C(=O)OCCOC)=C1C. The van der Waals surface area contributed by atoms with Gasteiger partial charge in [0.05, 0.1) is 30.9 Å². The molecule has 1 unspecified atom stereocenters. The third kappa shape index (κ3) is 5.99. The summed E-state index contributed by atoms with van der Waals surface area (Å²) in [4.78, 5) is 40.0. The molecule has 3 rings (SSSR count). The van der Waals surface area contributed by atoms with Gasteiger partial charge in [-0.15, -0.1) is 0 Å². The van der Waals surface area contributed by atoms with Gasteiger partial charge in [-0.1, -0.05) is 31.2 Å². The summed E-state index contributed by atoms with van der Waals surface area (Å²) in [5.74, 6) is -0.353. The highest BCUT2D eigenvalue weighted by molar-refractivity contribution is 6.06. The lowest BCUT2D eigenvalue weighted by Crippen LogP contribution is -2.48. The number of amides is 3. The highest BCUT2D eigenvalue weighted by Crippen LogP contribution is 2.32. The summed E-state index contributed by atoms with van der Waals surface area (Å²) in [6, 6.07) is 12.9.